The zero-order chi connectivity index (χ0) is 17.1. The number of furan rings is 1. The first kappa shape index (κ1) is 19.2. The lowest BCUT2D eigenvalue weighted by atomic mass is 10.1. The number of piperazine rings is 1. The number of hydrogen-bond donors (Lipinski definition) is 1. The van der Waals surface area contributed by atoms with Crippen LogP contribution in [-0.4, -0.2) is 42.6 Å². The molecule has 2 aromatic rings. The number of rotatable bonds is 5. The molecular weight excluding hydrogens is 346 g/mol. The molecule has 1 fully saturated rings. The Morgan fingerprint density at radius 2 is 2.20 bits per heavy atom. The minimum Gasteiger partial charge on any atom is -0.497 e. The molecule has 1 aromatic heterocycles. The molecule has 1 atom stereocenters. The van der Waals surface area contributed by atoms with Crippen LogP contribution in [0, 0.1) is 10.1 Å². The Balaban J connectivity index is 0.00000225. The van der Waals surface area contributed by atoms with Gasteiger partial charge in [-0.1, -0.05) is 0 Å². The van der Waals surface area contributed by atoms with E-state index in [0.29, 0.717) is 29.7 Å². The Labute approximate surface area is 152 Å². The Kier molecular flexibility index (Phi) is 6.41. The fourth-order valence-electron chi connectivity index (χ4n) is 2.98. The minimum atomic E-state index is -0.419. The number of hydrogen-bond acceptors (Lipinski definition) is 6. The molecule has 25 heavy (non-hydrogen) atoms. The maximum Gasteiger partial charge on any atom is 0.284 e. The topological polar surface area (TPSA) is 80.8 Å². The van der Waals surface area contributed by atoms with Crippen LogP contribution in [0.25, 0.3) is 11.3 Å². The lowest BCUT2D eigenvalue weighted by Gasteiger charge is -2.31. The van der Waals surface area contributed by atoms with Gasteiger partial charge >= 0.3 is 0 Å². The van der Waals surface area contributed by atoms with Crippen LogP contribution < -0.4 is 10.1 Å². The number of benzene rings is 1. The number of halogens is 1. The molecular formula is C17H22ClN3O4. The van der Waals surface area contributed by atoms with Gasteiger partial charge in [-0.25, -0.2) is 0 Å². The quantitative estimate of drug-likeness (QED) is 0.646. The SMILES string of the molecule is COc1ccc(-c2ccc(CN3CCNC(C)C3)o2)c([N+](=O)[O-])c1.Cl. The van der Waals surface area contributed by atoms with Crippen LogP contribution in [0.15, 0.2) is 34.7 Å². The molecule has 1 unspecified atom stereocenters. The third-order valence-corrected chi connectivity index (χ3v) is 4.16. The van der Waals surface area contributed by atoms with Crippen molar-refractivity contribution in [1.82, 2.24) is 10.2 Å². The summed E-state index contributed by atoms with van der Waals surface area (Å²) in [4.78, 5) is 13.2. The third-order valence-electron chi connectivity index (χ3n) is 4.16. The molecule has 0 bridgehead atoms. The smallest absolute Gasteiger partial charge is 0.284 e. The normalized spacial score (nSPS) is 17.8. The molecule has 0 saturated carbocycles. The molecule has 3 rings (SSSR count). The highest BCUT2D eigenvalue weighted by Crippen LogP contribution is 2.34. The number of nitro groups is 1. The van der Waals surface area contributed by atoms with Crippen LogP contribution in [-0.2, 0) is 6.54 Å². The molecule has 8 heteroatoms. The highest BCUT2D eigenvalue weighted by molar-refractivity contribution is 5.85. The predicted molar refractivity (Wildman–Crippen MR) is 97.3 cm³/mol. The third kappa shape index (κ3) is 4.50. The molecule has 0 amide bonds. The zero-order valence-electron chi connectivity index (χ0n) is 14.2. The molecule has 136 valence electrons. The van der Waals surface area contributed by atoms with E-state index in [1.165, 1.54) is 13.2 Å². The predicted octanol–water partition coefficient (Wildman–Crippen LogP) is 3.08. The van der Waals surface area contributed by atoms with E-state index >= 15 is 0 Å². The first-order valence-electron chi connectivity index (χ1n) is 7.94. The van der Waals surface area contributed by atoms with Gasteiger partial charge in [-0.15, -0.1) is 12.4 Å². The lowest BCUT2D eigenvalue weighted by molar-refractivity contribution is -0.384. The maximum absolute atomic E-state index is 11.3. The fraction of sp³-hybridized carbons (Fsp3) is 0.412. The van der Waals surface area contributed by atoms with Crippen molar-refractivity contribution in [2.24, 2.45) is 0 Å². The number of nitro benzene ring substituents is 1. The van der Waals surface area contributed by atoms with E-state index in [0.717, 1.165) is 25.4 Å². The van der Waals surface area contributed by atoms with Gasteiger partial charge in [-0.3, -0.25) is 15.0 Å². The average Bonchev–Trinajstić information content (AvgIpc) is 3.02. The summed E-state index contributed by atoms with van der Waals surface area (Å²) in [5.74, 6) is 1.76. The van der Waals surface area contributed by atoms with Crippen LogP contribution in [0.3, 0.4) is 0 Å². The van der Waals surface area contributed by atoms with E-state index in [1.54, 1.807) is 18.2 Å². The minimum absolute atomic E-state index is 0. The Morgan fingerprint density at radius 3 is 2.88 bits per heavy atom. The van der Waals surface area contributed by atoms with Crippen molar-refractivity contribution < 1.29 is 14.1 Å². The van der Waals surface area contributed by atoms with Crippen molar-refractivity contribution in [2.45, 2.75) is 19.5 Å². The van der Waals surface area contributed by atoms with E-state index in [-0.39, 0.29) is 18.1 Å². The van der Waals surface area contributed by atoms with Crippen molar-refractivity contribution in [3.8, 4) is 17.1 Å². The first-order chi connectivity index (χ1) is 11.6. The Hall–Kier alpha value is -2.09. The molecule has 1 aliphatic heterocycles. The highest BCUT2D eigenvalue weighted by Gasteiger charge is 2.21. The van der Waals surface area contributed by atoms with E-state index in [9.17, 15) is 10.1 Å². The van der Waals surface area contributed by atoms with Gasteiger partial charge in [-0.2, -0.15) is 0 Å². The summed E-state index contributed by atoms with van der Waals surface area (Å²) in [5, 5.41) is 14.7. The van der Waals surface area contributed by atoms with Crippen molar-refractivity contribution in [2.75, 3.05) is 26.7 Å². The van der Waals surface area contributed by atoms with Gasteiger partial charge in [0.2, 0.25) is 0 Å². The van der Waals surface area contributed by atoms with Gasteiger partial charge in [0.1, 0.15) is 17.3 Å². The Morgan fingerprint density at radius 1 is 1.40 bits per heavy atom. The van der Waals surface area contributed by atoms with E-state index in [4.69, 9.17) is 9.15 Å². The second-order valence-corrected chi connectivity index (χ2v) is 6.00. The van der Waals surface area contributed by atoms with Crippen LogP contribution in [0.4, 0.5) is 5.69 Å². The van der Waals surface area contributed by atoms with Crippen LogP contribution in [0.2, 0.25) is 0 Å². The molecule has 7 nitrogen and oxygen atoms in total. The number of nitrogens with zero attached hydrogens (tertiary/aromatic N) is 2. The first-order valence-corrected chi connectivity index (χ1v) is 7.94. The van der Waals surface area contributed by atoms with Gasteiger partial charge in [0.25, 0.3) is 5.69 Å². The molecule has 0 aliphatic carbocycles. The summed E-state index contributed by atoms with van der Waals surface area (Å²) in [6.07, 6.45) is 0. The van der Waals surface area contributed by atoms with E-state index in [2.05, 4.69) is 17.1 Å². The van der Waals surface area contributed by atoms with Crippen LogP contribution >= 0.6 is 12.4 Å². The number of methoxy groups -OCH3 is 1. The van der Waals surface area contributed by atoms with Gasteiger partial charge in [0.15, 0.2) is 0 Å². The molecule has 1 saturated heterocycles. The summed E-state index contributed by atoms with van der Waals surface area (Å²) >= 11 is 0. The molecule has 0 radical (unpaired) electrons. The summed E-state index contributed by atoms with van der Waals surface area (Å²) in [6.45, 7) is 5.73. The van der Waals surface area contributed by atoms with Crippen molar-refractivity contribution in [1.29, 1.82) is 0 Å². The molecule has 1 aromatic carbocycles. The van der Waals surface area contributed by atoms with Crippen LogP contribution in [0.1, 0.15) is 12.7 Å². The maximum atomic E-state index is 11.3. The summed E-state index contributed by atoms with van der Waals surface area (Å²) < 4.78 is 10.9. The number of ether oxygens (including phenoxy) is 1. The van der Waals surface area contributed by atoms with Crippen molar-refractivity contribution in [3.63, 3.8) is 0 Å². The van der Waals surface area contributed by atoms with Gasteiger partial charge in [0, 0.05) is 25.7 Å². The van der Waals surface area contributed by atoms with Gasteiger partial charge in [-0.05, 0) is 31.2 Å². The lowest BCUT2D eigenvalue weighted by Crippen LogP contribution is -2.48. The number of nitrogens with one attached hydrogen (secondary N) is 1. The average molecular weight is 368 g/mol. The molecule has 0 spiro atoms. The standard InChI is InChI=1S/C17H21N3O4.ClH/c1-12-10-19(8-7-18-12)11-14-4-6-17(24-14)15-5-3-13(23-2)9-16(15)20(21)22;/h3-6,9,12,18H,7-8,10-11H2,1-2H3;1H. The monoisotopic (exact) mass is 367 g/mol. The van der Waals surface area contributed by atoms with E-state index in [1.807, 2.05) is 6.07 Å². The van der Waals surface area contributed by atoms with E-state index < -0.39 is 4.92 Å². The van der Waals surface area contributed by atoms with Crippen molar-refractivity contribution >= 4 is 18.1 Å². The summed E-state index contributed by atoms with van der Waals surface area (Å²) in [5.41, 5.74) is 0.437. The van der Waals surface area contributed by atoms with Crippen LogP contribution in [0.5, 0.6) is 5.75 Å². The largest absolute Gasteiger partial charge is 0.497 e. The fourth-order valence-corrected chi connectivity index (χ4v) is 2.98. The van der Waals surface area contributed by atoms with Gasteiger partial charge < -0.3 is 14.5 Å². The Bertz CT molecular complexity index is 734. The second-order valence-electron chi connectivity index (χ2n) is 6.00. The van der Waals surface area contributed by atoms with Crippen molar-refractivity contribution in [3.05, 3.63) is 46.2 Å². The molecule has 1 N–H and O–H groups in total. The molecule has 1 aliphatic rings. The molecule has 2 heterocycles. The second kappa shape index (κ2) is 8.33. The summed E-state index contributed by atoms with van der Waals surface area (Å²) in [6, 6.07) is 8.90. The summed E-state index contributed by atoms with van der Waals surface area (Å²) in [7, 11) is 1.48. The van der Waals surface area contributed by atoms with Gasteiger partial charge in [0.05, 0.1) is 30.2 Å². The zero-order valence-corrected chi connectivity index (χ0v) is 15.0. The highest BCUT2D eigenvalue weighted by atomic mass is 35.5.